The van der Waals surface area contributed by atoms with Crippen molar-refractivity contribution in [1.82, 2.24) is 19.9 Å². The number of rotatable bonds is 2. The second-order valence-electron chi connectivity index (χ2n) is 4.49. The maximum Gasteiger partial charge on any atom is 0.157 e. The van der Waals surface area contributed by atoms with Crippen LogP contribution < -0.4 is 10.2 Å². The van der Waals surface area contributed by atoms with Crippen LogP contribution in [0.4, 0.5) is 5.82 Å². The maximum atomic E-state index is 4.63. The number of nitrogens with one attached hydrogen (secondary N) is 1. The van der Waals surface area contributed by atoms with Gasteiger partial charge in [-0.3, -0.25) is 0 Å². The molecule has 1 aliphatic heterocycles. The average molecular weight is 231 g/mol. The van der Waals surface area contributed by atoms with E-state index in [1.165, 1.54) is 12.8 Å². The number of hydrogen-bond donors (Lipinski definition) is 1. The molecule has 1 atom stereocenters. The van der Waals surface area contributed by atoms with Crippen LogP contribution in [-0.2, 0) is 0 Å². The fourth-order valence-electron chi connectivity index (χ4n) is 2.40. The van der Waals surface area contributed by atoms with E-state index in [-0.39, 0.29) is 0 Å². The third-order valence-corrected chi connectivity index (χ3v) is 3.40. The smallest absolute Gasteiger partial charge is 0.157 e. The zero-order valence-electron chi connectivity index (χ0n) is 10.0. The van der Waals surface area contributed by atoms with Gasteiger partial charge in [-0.1, -0.05) is 0 Å². The normalized spacial score (nSPS) is 21.0. The number of anilines is 1. The largest absolute Gasteiger partial charge is 0.355 e. The lowest BCUT2D eigenvalue weighted by Crippen LogP contribution is -2.44. The van der Waals surface area contributed by atoms with Crippen molar-refractivity contribution < 1.29 is 0 Å². The van der Waals surface area contributed by atoms with Gasteiger partial charge in [0.15, 0.2) is 5.65 Å². The molecule has 17 heavy (non-hydrogen) atoms. The second kappa shape index (κ2) is 4.33. The number of hydrogen-bond acceptors (Lipinski definition) is 4. The number of piperidine rings is 1. The van der Waals surface area contributed by atoms with Crippen LogP contribution in [0.25, 0.3) is 5.65 Å². The Labute approximate surface area is 100 Å². The molecule has 1 aliphatic rings. The van der Waals surface area contributed by atoms with Crippen molar-refractivity contribution in [3.05, 3.63) is 24.5 Å². The van der Waals surface area contributed by atoms with Crippen LogP contribution in [-0.4, -0.2) is 40.8 Å². The lowest BCUT2D eigenvalue weighted by atomic mass is 10.1. The number of likely N-dealkylation sites (N-methyl/N-ethyl adjacent to an activating group) is 1. The standard InChI is InChI=1S/C12H17N5/c1-13-10-3-2-7-16(9-10)11-5-8-17-12(15-11)4-6-14-17/h4-6,8,10,13H,2-3,7,9H2,1H3. The Balaban J connectivity index is 1.86. The molecule has 1 saturated heterocycles. The van der Waals surface area contributed by atoms with Gasteiger partial charge in [0.1, 0.15) is 5.82 Å². The Hall–Kier alpha value is -1.62. The summed E-state index contributed by atoms with van der Waals surface area (Å²) in [5, 5.41) is 7.51. The molecule has 2 aromatic rings. The molecule has 0 amide bonds. The van der Waals surface area contributed by atoms with Crippen LogP contribution in [0.3, 0.4) is 0 Å². The summed E-state index contributed by atoms with van der Waals surface area (Å²) < 4.78 is 1.79. The lowest BCUT2D eigenvalue weighted by Gasteiger charge is -2.33. The van der Waals surface area contributed by atoms with E-state index in [0.29, 0.717) is 6.04 Å². The van der Waals surface area contributed by atoms with Gasteiger partial charge in [0.2, 0.25) is 0 Å². The fourth-order valence-corrected chi connectivity index (χ4v) is 2.40. The molecule has 1 unspecified atom stereocenters. The third kappa shape index (κ3) is 1.98. The number of fused-ring (bicyclic) bond motifs is 1. The molecule has 1 fully saturated rings. The van der Waals surface area contributed by atoms with Gasteiger partial charge in [0.05, 0.1) is 6.20 Å². The molecule has 3 heterocycles. The van der Waals surface area contributed by atoms with Crippen LogP contribution in [0, 0.1) is 0 Å². The zero-order chi connectivity index (χ0) is 11.7. The molecule has 0 bridgehead atoms. The van der Waals surface area contributed by atoms with Gasteiger partial charge in [0.25, 0.3) is 0 Å². The predicted molar refractivity (Wildman–Crippen MR) is 67.3 cm³/mol. The minimum absolute atomic E-state index is 0.576. The summed E-state index contributed by atoms with van der Waals surface area (Å²) in [6.07, 6.45) is 6.22. The van der Waals surface area contributed by atoms with Crippen molar-refractivity contribution >= 4 is 11.5 Å². The molecule has 0 radical (unpaired) electrons. The van der Waals surface area contributed by atoms with Crippen molar-refractivity contribution in [2.45, 2.75) is 18.9 Å². The fraction of sp³-hybridized carbons (Fsp3) is 0.500. The van der Waals surface area contributed by atoms with E-state index in [1.54, 1.807) is 10.7 Å². The third-order valence-electron chi connectivity index (χ3n) is 3.40. The zero-order valence-corrected chi connectivity index (χ0v) is 10.0. The van der Waals surface area contributed by atoms with Crippen LogP contribution in [0.1, 0.15) is 12.8 Å². The molecular formula is C12H17N5. The molecule has 90 valence electrons. The summed E-state index contributed by atoms with van der Waals surface area (Å²) in [6.45, 7) is 2.13. The molecule has 3 rings (SSSR count). The molecular weight excluding hydrogens is 214 g/mol. The Morgan fingerprint density at radius 2 is 2.35 bits per heavy atom. The maximum absolute atomic E-state index is 4.63. The SMILES string of the molecule is CNC1CCCN(c2ccn3nccc3n2)C1. The van der Waals surface area contributed by atoms with Crippen molar-refractivity contribution in [2.75, 3.05) is 25.0 Å². The van der Waals surface area contributed by atoms with E-state index in [0.717, 1.165) is 24.6 Å². The minimum atomic E-state index is 0.576. The molecule has 0 spiro atoms. The summed E-state index contributed by atoms with van der Waals surface area (Å²) >= 11 is 0. The average Bonchev–Trinajstić information content (AvgIpc) is 2.86. The van der Waals surface area contributed by atoms with E-state index in [9.17, 15) is 0 Å². The first-order valence-corrected chi connectivity index (χ1v) is 6.09. The van der Waals surface area contributed by atoms with Crippen LogP contribution in [0.2, 0.25) is 0 Å². The Morgan fingerprint density at radius 1 is 1.41 bits per heavy atom. The van der Waals surface area contributed by atoms with Crippen LogP contribution in [0.5, 0.6) is 0 Å². The topological polar surface area (TPSA) is 45.5 Å². The molecule has 2 aromatic heterocycles. The van der Waals surface area contributed by atoms with Crippen molar-refractivity contribution in [1.29, 1.82) is 0 Å². The molecule has 1 N–H and O–H groups in total. The van der Waals surface area contributed by atoms with E-state index in [4.69, 9.17) is 0 Å². The van der Waals surface area contributed by atoms with E-state index in [2.05, 4.69) is 20.3 Å². The highest BCUT2D eigenvalue weighted by atomic mass is 15.3. The second-order valence-corrected chi connectivity index (χ2v) is 4.49. The van der Waals surface area contributed by atoms with Gasteiger partial charge >= 0.3 is 0 Å². The van der Waals surface area contributed by atoms with Gasteiger partial charge < -0.3 is 10.2 Å². The van der Waals surface area contributed by atoms with Crippen LogP contribution >= 0.6 is 0 Å². The summed E-state index contributed by atoms with van der Waals surface area (Å²) in [5.74, 6) is 1.05. The molecule has 5 nitrogen and oxygen atoms in total. The number of nitrogens with zero attached hydrogens (tertiary/aromatic N) is 4. The minimum Gasteiger partial charge on any atom is -0.355 e. The van der Waals surface area contributed by atoms with Gasteiger partial charge in [-0.15, -0.1) is 0 Å². The number of aromatic nitrogens is 3. The molecule has 0 aromatic carbocycles. The molecule has 5 heteroatoms. The first-order valence-electron chi connectivity index (χ1n) is 6.09. The molecule has 0 aliphatic carbocycles. The highest BCUT2D eigenvalue weighted by molar-refractivity contribution is 5.47. The highest BCUT2D eigenvalue weighted by Crippen LogP contribution is 2.18. The first kappa shape index (κ1) is 10.5. The monoisotopic (exact) mass is 231 g/mol. The van der Waals surface area contributed by atoms with E-state index >= 15 is 0 Å². The summed E-state index contributed by atoms with van der Waals surface area (Å²) in [4.78, 5) is 6.97. The Bertz CT molecular complexity index is 506. The van der Waals surface area contributed by atoms with Gasteiger partial charge in [-0.05, 0) is 26.0 Å². The summed E-state index contributed by atoms with van der Waals surface area (Å²) in [5.41, 5.74) is 0.911. The van der Waals surface area contributed by atoms with E-state index < -0.39 is 0 Å². The quantitative estimate of drug-likeness (QED) is 0.834. The first-order chi connectivity index (χ1) is 8.36. The van der Waals surface area contributed by atoms with Crippen molar-refractivity contribution in [3.63, 3.8) is 0 Å². The van der Waals surface area contributed by atoms with Crippen molar-refractivity contribution in [3.8, 4) is 0 Å². The highest BCUT2D eigenvalue weighted by Gasteiger charge is 2.19. The Kier molecular flexibility index (Phi) is 2.68. The lowest BCUT2D eigenvalue weighted by molar-refractivity contribution is 0.447. The van der Waals surface area contributed by atoms with Gasteiger partial charge in [-0.25, -0.2) is 9.50 Å². The van der Waals surface area contributed by atoms with Gasteiger partial charge in [-0.2, -0.15) is 5.10 Å². The predicted octanol–water partition coefficient (Wildman–Crippen LogP) is 0.917. The van der Waals surface area contributed by atoms with Crippen LogP contribution in [0.15, 0.2) is 24.5 Å². The summed E-state index contributed by atoms with van der Waals surface area (Å²) in [6, 6.07) is 4.55. The van der Waals surface area contributed by atoms with Crippen molar-refractivity contribution in [2.24, 2.45) is 0 Å². The van der Waals surface area contributed by atoms with E-state index in [1.807, 2.05) is 25.4 Å². The summed E-state index contributed by atoms with van der Waals surface area (Å²) in [7, 11) is 2.03. The Morgan fingerprint density at radius 3 is 3.24 bits per heavy atom. The molecule has 0 saturated carbocycles. The van der Waals surface area contributed by atoms with Gasteiger partial charge in [0, 0.05) is 31.4 Å².